The molecule has 1 aliphatic rings. The molecule has 0 amide bonds. The van der Waals surface area contributed by atoms with E-state index < -0.39 is 0 Å². The van der Waals surface area contributed by atoms with Gasteiger partial charge in [-0.1, -0.05) is 12.0 Å². The van der Waals surface area contributed by atoms with Gasteiger partial charge in [-0.2, -0.15) is 0 Å². The highest BCUT2D eigenvalue weighted by Crippen LogP contribution is 2.27. The van der Waals surface area contributed by atoms with Gasteiger partial charge in [-0.05, 0) is 38.2 Å². The van der Waals surface area contributed by atoms with Crippen molar-refractivity contribution in [3.63, 3.8) is 0 Å². The van der Waals surface area contributed by atoms with Crippen LogP contribution in [-0.4, -0.2) is 17.5 Å². The Labute approximate surface area is 79.6 Å². The topological polar surface area (TPSA) is 37.3 Å². The average molecular weight is 182 g/mol. The van der Waals surface area contributed by atoms with Crippen LogP contribution in [0.25, 0.3) is 0 Å². The molecule has 2 heteroatoms. The number of aliphatic hydroxyl groups is 1. The van der Waals surface area contributed by atoms with Crippen molar-refractivity contribution in [2.75, 3.05) is 6.61 Å². The van der Waals surface area contributed by atoms with E-state index in [1.807, 2.05) is 6.92 Å². The zero-order valence-electron chi connectivity index (χ0n) is 8.25. The van der Waals surface area contributed by atoms with Crippen molar-refractivity contribution >= 4 is 5.78 Å². The first-order valence-electron chi connectivity index (χ1n) is 5.06. The Morgan fingerprint density at radius 2 is 2.31 bits per heavy atom. The molecule has 1 N–H and O–H groups in total. The van der Waals surface area contributed by atoms with E-state index in [9.17, 15) is 4.79 Å². The molecular formula is C11H18O2. The van der Waals surface area contributed by atoms with Gasteiger partial charge in [-0.15, -0.1) is 0 Å². The van der Waals surface area contributed by atoms with Crippen LogP contribution in [0.15, 0.2) is 11.6 Å². The Bertz CT molecular complexity index is 206. The molecule has 0 saturated heterocycles. The lowest BCUT2D eigenvalue weighted by Crippen LogP contribution is -2.12. The van der Waals surface area contributed by atoms with E-state index in [4.69, 9.17) is 5.11 Å². The lowest BCUT2D eigenvalue weighted by atomic mass is 9.84. The smallest absolute Gasteiger partial charge is 0.155 e. The van der Waals surface area contributed by atoms with Crippen molar-refractivity contribution in [2.24, 2.45) is 5.92 Å². The van der Waals surface area contributed by atoms with Crippen LogP contribution in [0.2, 0.25) is 0 Å². The zero-order valence-corrected chi connectivity index (χ0v) is 8.25. The molecule has 0 aromatic rings. The molecule has 0 saturated carbocycles. The number of unbranched alkanes of at least 4 members (excludes halogenated alkanes) is 1. The molecule has 0 aromatic carbocycles. The quantitative estimate of drug-likeness (QED) is 0.676. The van der Waals surface area contributed by atoms with Gasteiger partial charge in [0.15, 0.2) is 5.78 Å². The van der Waals surface area contributed by atoms with Gasteiger partial charge in [0, 0.05) is 13.0 Å². The molecule has 0 aliphatic heterocycles. The number of carbonyl (C=O) groups is 1. The molecule has 1 rings (SSSR count). The third-order valence-corrected chi connectivity index (χ3v) is 2.73. The van der Waals surface area contributed by atoms with Gasteiger partial charge < -0.3 is 5.11 Å². The number of aliphatic hydroxyl groups excluding tert-OH is 1. The van der Waals surface area contributed by atoms with Crippen LogP contribution in [0.1, 0.15) is 39.0 Å². The van der Waals surface area contributed by atoms with E-state index in [1.165, 1.54) is 5.57 Å². The van der Waals surface area contributed by atoms with Crippen LogP contribution in [-0.2, 0) is 4.79 Å². The van der Waals surface area contributed by atoms with E-state index >= 15 is 0 Å². The summed E-state index contributed by atoms with van der Waals surface area (Å²) in [6, 6.07) is 0. The highest BCUT2D eigenvalue weighted by Gasteiger charge is 2.17. The van der Waals surface area contributed by atoms with Gasteiger partial charge in [0.1, 0.15) is 0 Å². The SMILES string of the molecule is CC1=CC(=O)CCC1CCCCO. The second kappa shape index (κ2) is 5.18. The number of carbonyl (C=O) groups excluding carboxylic acids is 1. The van der Waals surface area contributed by atoms with Gasteiger partial charge in [-0.3, -0.25) is 4.79 Å². The molecular weight excluding hydrogens is 164 g/mol. The second-order valence-electron chi connectivity index (χ2n) is 3.81. The summed E-state index contributed by atoms with van der Waals surface area (Å²) in [5.74, 6) is 0.861. The zero-order chi connectivity index (χ0) is 9.68. The van der Waals surface area contributed by atoms with E-state index in [0.717, 1.165) is 25.7 Å². The minimum atomic E-state index is 0.274. The molecule has 1 unspecified atom stereocenters. The van der Waals surface area contributed by atoms with E-state index in [-0.39, 0.29) is 12.4 Å². The summed E-state index contributed by atoms with van der Waals surface area (Å²) in [5.41, 5.74) is 1.23. The summed E-state index contributed by atoms with van der Waals surface area (Å²) in [4.78, 5) is 11.0. The summed E-state index contributed by atoms with van der Waals surface area (Å²) in [6.07, 6.45) is 6.58. The average Bonchev–Trinajstić information content (AvgIpc) is 2.09. The van der Waals surface area contributed by atoms with Gasteiger partial charge >= 0.3 is 0 Å². The van der Waals surface area contributed by atoms with Gasteiger partial charge in [0.05, 0.1) is 0 Å². The molecule has 0 aromatic heterocycles. The Morgan fingerprint density at radius 1 is 1.54 bits per heavy atom. The van der Waals surface area contributed by atoms with Crippen LogP contribution in [0.4, 0.5) is 0 Å². The van der Waals surface area contributed by atoms with Crippen LogP contribution >= 0.6 is 0 Å². The first kappa shape index (κ1) is 10.5. The third-order valence-electron chi connectivity index (χ3n) is 2.73. The molecule has 0 spiro atoms. The number of allylic oxidation sites excluding steroid dienone is 2. The summed E-state index contributed by atoms with van der Waals surface area (Å²) in [7, 11) is 0. The summed E-state index contributed by atoms with van der Waals surface area (Å²) in [6.45, 7) is 2.33. The summed E-state index contributed by atoms with van der Waals surface area (Å²) >= 11 is 0. The molecule has 0 fully saturated rings. The minimum absolute atomic E-state index is 0.274. The molecule has 74 valence electrons. The molecule has 1 atom stereocenters. The number of ketones is 1. The van der Waals surface area contributed by atoms with Gasteiger partial charge in [-0.25, -0.2) is 0 Å². The lowest BCUT2D eigenvalue weighted by molar-refractivity contribution is -0.115. The van der Waals surface area contributed by atoms with Crippen LogP contribution in [0, 0.1) is 5.92 Å². The predicted molar refractivity (Wildman–Crippen MR) is 52.4 cm³/mol. The molecule has 0 heterocycles. The van der Waals surface area contributed by atoms with Crippen molar-refractivity contribution in [2.45, 2.75) is 39.0 Å². The van der Waals surface area contributed by atoms with Crippen molar-refractivity contribution < 1.29 is 9.90 Å². The number of rotatable bonds is 4. The maximum atomic E-state index is 11.0. The van der Waals surface area contributed by atoms with Crippen molar-refractivity contribution in [3.8, 4) is 0 Å². The fourth-order valence-corrected chi connectivity index (χ4v) is 1.86. The van der Waals surface area contributed by atoms with Gasteiger partial charge in [0.25, 0.3) is 0 Å². The number of hydrogen-bond acceptors (Lipinski definition) is 2. The van der Waals surface area contributed by atoms with E-state index in [0.29, 0.717) is 12.3 Å². The largest absolute Gasteiger partial charge is 0.396 e. The predicted octanol–water partition coefficient (Wildman–Crippen LogP) is 2.07. The van der Waals surface area contributed by atoms with Crippen molar-refractivity contribution in [3.05, 3.63) is 11.6 Å². The molecule has 0 radical (unpaired) electrons. The monoisotopic (exact) mass is 182 g/mol. The Kier molecular flexibility index (Phi) is 4.16. The second-order valence-corrected chi connectivity index (χ2v) is 3.81. The molecule has 0 bridgehead atoms. The highest BCUT2D eigenvalue weighted by atomic mass is 16.2. The van der Waals surface area contributed by atoms with Crippen LogP contribution in [0.3, 0.4) is 0 Å². The lowest BCUT2D eigenvalue weighted by Gasteiger charge is -2.20. The first-order valence-corrected chi connectivity index (χ1v) is 5.06. The third kappa shape index (κ3) is 3.31. The summed E-state index contributed by atoms with van der Waals surface area (Å²) in [5, 5.41) is 8.63. The molecule has 13 heavy (non-hydrogen) atoms. The fraction of sp³-hybridized carbons (Fsp3) is 0.727. The van der Waals surface area contributed by atoms with Crippen molar-refractivity contribution in [1.29, 1.82) is 0 Å². The normalized spacial score (nSPS) is 23.1. The standard InChI is InChI=1S/C11H18O2/c1-9-8-11(13)6-5-10(9)4-2-3-7-12/h8,10,12H,2-7H2,1H3. The molecule has 2 nitrogen and oxygen atoms in total. The maximum absolute atomic E-state index is 11.0. The maximum Gasteiger partial charge on any atom is 0.155 e. The van der Waals surface area contributed by atoms with Crippen LogP contribution < -0.4 is 0 Å². The highest BCUT2D eigenvalue weighted by molar-refractivity contribution is 5.91. The summed E-state index contributed by atoms with van der Waals surface area (Å²) < 4.78 is 0. The minimum Gasteiger partial charge on any atom is -0.396 e. The van der Waals surface area contributed by atoms with Crippen molar-refractivity contribution in [1.82, 2.24) is 0 Å². The first-order chi connectivity index (χ1) is 6.24. The Hall–Kier alpha value is -0.630. The number of hydrogen-bond donors (Lipinski definition) is 1. The Morgan fingerprint density at radius 3 is 2.92 bits per heavy atom. The molecule has 1 aliphatic carbocycles. The van der Waals surface area contributed by atoms with Gasteiger partial charge in [0.2, 0.25) is 0 Å². The van der Waals surface area contributed by atoms with E-state index in [1.54, 1.807) is 6.08 Å². The fourth-order valence-electron chi connectivity index (χ4n) is 1.86. The van der Waals surface area contributed by atoms with Crippen LogP contribution in [0.5, 0.6) is 0 Å². The van der Waals surface area contributed by atoms with E-state index in [2.05, 4.69) is 0 Å². The Balaban J connectivity index is 2.34.